The minimum Gasteiger partial charge on any atom is -0.496 e. The molecule has 2 aromatic carbocycles. The number of hydrogen-bond donors (Lipinski definition) is 0. The molecule has 0 saturated carbocycles. The molecule has 0 N–H and O–H groups in total. The molecule has 0 fully saturated rings. The average molecular weight is 451 g/mol. The fourth-order valence-electron chi connectivity index (χ4n) is 4.29. The Kier molecular flexibility index (Phi) is 5.95. The molecule has 4 rings (SSSR count). The van der Waals surface area contributed by atoms with Crippen molar-refractivity contribution in [3.63, 3.8) is 0 Å². The van der Waals surface area contributed by atoms with Gasteiger partial charge in [0, 0.05) is 34.4 Å². The van der Waals surface area contributed by atoms with Gasteiger partial charge in [0.2, 0.25) is 0 Å². The molecule has 176 valence electrons. The van der Waals surface area contributed by atoms with E-state index in [2.05, 4.69) is 36.4 Å². The van der Waals surface area contributed by atoms with E-state index in [0.717, 1.165) is 45.3 Å². The number of fused-ring (bicyclic) bond motifs is 2. The van der Waals surface area contributed by atoms with Gasteiger partial charge in [0.15, 0.2) is 0 Å². The van der Waals surface area contributed by atoms with Gasteiger partial charge in [-0.3, -0.25) is 0 Å². The van der Waals surface area contributed by atoms with Crippen molar-refractivity contribution in [3.05, 3.63) is 58.7 Å². The lowest BCUT2D eigenvalue weighted by atomic mass is 9.97. The molecule has 0 radical (unpaired) electrons. The summed E-state index contributed by atoms with van der Waals surface area (Å²) in [5.41, 5.74) is 3.30. The standard InChI is InChI=1S/C28H34O5/c1-17(21-13-19-9-11-27(3,4)32-23(19)15-25(21)29-7)31-18(2)22-14-20-10-12-28(5,6)33-24(20)16-26(22)30-8/h9-18H,1-8H3/t17-,18+. The van der Waals surface area contributed by atoms with Gasteiger partial charge in [0.05, 0.1) is 26.4 Å². The second-order valence-electron chi connectivity index (χ2n) is 9.76. The van der Waals surface area contributed by atoms with Crippen molar-refractivity contribution in [2.45, 2.75) is 65.0 Å². The monoisotopic (exact) mass is 450 g/mol. The molecule has 2 aliphatic heterocycles. The van der Waals surface area contributed by atoms with Crippen molar-refractivity contribution >= 4 is 12.2 Å². The molecule has 33 heavy (non-hydrogen) atoms. The quantitative estimate of drug-likeness (QED) is 0.478. The fourth-order valence-corrected chi connectivity index (χ4v) is 4.29. The molecular weight excluding hydrogens is 416 g/mol. The van der Waals surface area contributed by atoms with Crippen LogP contribution in [0.25, 0.3) is 12.2 Å². The molecule has 0 spiro atoms. The lowest BCUT2D eigenvalue weighted by Crippen LogP contribution is -2.27. The van der Waals surface area contributed by atoms with Gasteiger partial charge < -0.3 is 23.7 Å². The Bertz CT molecular complexity index is 1020. The minimum absolute atomic E-state index is 0.213. The third kappa shape index (κ3) is 4.74. The summed E-state index contributed by atoms with van der Waals surface area (Å²) in [5.74, 6) is 3.12. The highest BCUT2D eigenvalue weighted by molar-refractivity contribution is 5.66. The van der Waals surface area contributed by atoms with Crippen LogP contribution < -0.4 is 18.9 Å². The zero-order valence-corrected chi connectivity index (χ0v) is 20.8. The lowest BCUT2D eigenvalue weighted by molar-refractivity contribution is 0.00346. The van der Waals surface area contributed by atoms with Gasteiger partial charge in [-0.1, -0.05) is 12.2 Å². The smallest absolute Gasteiger partial charge is 0.131 e. The van der Waals surface area contributed by atoms with Crippen molar-refractivity contribution in [3.8, 4) is 23.0 Å². The molecule has 0 bridgehead atoms. The van der Waals surface area contributed by atoms with E-state index in [1.807, 2.05) is 53.7 Å². The summed E-state index contributed by atoms with van der Waals surface area (Å²) in [4.78, 5) is 0. The zero-order valence-electron chi connectivity index (χ0n) is 20.8. The predicted octanol–water partition coefficient (Wildman–Crippen LogP) is 6.91. The summed E-state index contributed by atoms with van der Waals surface area (Å²) in [7, 11) is 3.34. The molecule has 5 heteroatoms. The molecule has 0 amide bonds. The topological polar surface area (TPSA) is 46.2 Å². The van der Waals surface area contributed by atoms with E-state index in [-0.39, 0.29) is 23.4 Å². The van der Waals surface area contributed by atoms with Gasteiger partial charge in [-0.2, -0.15) is 0 Å². The predicted molar refractivity (Wildman–Crippen MR) is 131 cm³/mol. The van der Waals surface area contributed by atoms with Gasteiger partial charge in [-0.05, 0) is 65.8 Å². The highest BCUT2D eigenvalue weighted by Crippen LogP contribution is 2.43. The molecule has 0 aromatic heterocycles. The second-order valence-corrected chi connectivity index (χ2v) is 9.76. The summed E-state index contributed by atoms with van der Waals surface area (Å²) in [6, 6.07) is 8.06. The minimum atomic E-state index is -0.341. The van der Waals surface area contributed by atoms with E-state index in [1.165, 1.54) is 0 Å². The van der Waals surface area contributed by atoms with Crippen LogP contribution >= 0.6 is 0 Å². The average Bonchev–Trinajstić information content (AvgIpc) is 2.75. The van der Waals surface area contributed by atoms with E-state index in [0.29, 0.717) is 0 Å². The van der Waals surface area contributed by atoms with Crippen LogP contribution in [-0.4, -0.2) is 25.4 Å². The van der Waals surface area contributed by atoms with Crippen LogP contribution in [-0.2, 0) is 4.74 Å². The Morgan fingerprint density at radius 2 is 1.06 bits per heavy atom. The van der Waals surface area contributed by atoms with Crippen molar-refractivity contribution in [2.24, 2.45) is 0 Å². The largest absolute Gasteiger partial charge is 0.496 e. The van der Waals surface area contributed by atoms with Crippen molar-refractivity contribution in [1.82, 2.24) is 0 Å². The van der Waals surface area contributed by atoms with Crippen molar-refractivity contribution in [2.75, 3.05) is 14.2 Å². The molecule has 0 saturated heterocycles. The van der Waals surface area contributed by atoms with Crippen LogP contribution in [0.4, 0.5) is 0 Å². The van der Waals surface area contributed by atoms with Gasteiger partial charge >= 0.3 is 0 Å². The van der Waals surface area contributed by atoms with Crippen LogP contribution in [0.3, 0.4) is 0 Å². The molecule has 2 atom stereocenters. The van der Waals surface area contributed by atoms with E-state index < -0.39 is 0 Å². The first-order valence-corrected chi connectivity index (χ1v) is 11.4. The SMILES string of the molecule is COc1cc2c(cc1[C@H](C)O[C@H](C)c1cc3c(cc1OC)OC(C)(C)C=C3)C=CC(C)(C)O2. The summed E-state index contributed by atoms with van der Waals surface area (Å²) in [6.45, 7) is 12.2. The van der Waals surface area contributed by atoms with Crippen molar-refractivity contribution < 1.29 is 23.7 Å². The first-order valence-electron chi connectivity index (χ1n) is 11.4. The summed E-state index contributed by atoms with van der Waals surface area (Å²) in [6.07, 6.45) is 7.89. The maximum Gasteiger partial charge on any atom is 0.131 e. The number of ether oxygens (including phenoxy) is 5. The maximum absolute atomic E-state index is 6.48. The van der Waals surface area contributed by atoms with E-state index in [4.69, 9.17) is 23.7 Å². The van der Waals surface area contributed by atoms with E-state index in [9.17, 15) is 0 Å². The number of methoxy groups -OCH3 is 2. The Morgan fingerprint density at radius 1 is 0.667 bits per heavy atom. The van der Waals surface area contributed by atoms with Gasteiger partial charge in [-0.25, -0.2) is 0 Å². The molecule has 0 aliphatic carbocycles. The van der Waals surface area contributed by atoms with Crippen LogP contribution in [0.5, 0.6) is 23.0 Å². The van der Waals surface area contributed by atoms with Gasteiger partial charge in [-0.15, -0.1) is 0 Å². The molecule has 2 aliphatic rings. The number of rotatable bonds is 6. The Hall–Kier alpha value is -2.92. The van der Waals surface area contributed by atoms with Crippen LogP contribution in [0.2, 0.25) is 0 Å². The summed E-state index contributed by atoms with van der Waals surface area (Å²) in [5, 5.41) is 0. The first-order chi connectivity index (χ1) is 15.5. The molecular formula is C28H34O5. The number of benzene rings is 2. The molecule has 2 aromatic rings. The van der Waals surface area contributed by atoms with Crippen LogP contribution in [0.15, 0.2) is 36.4 Å². The van der Waals surface area contributed by atoms with Gasteiger partial charge in [0.1, 0.15) is 34.2 Å². The fraction of sp³-hybridized carbons (Fsp3) is 0.429. The lowest BCUT2D eigenvalue weighted by Gasteiger charge is -2.30. The van der Waals surface area contributed by atoms with E-state index >= 15 is 0 Å². The Labute approximate surface area is 197 Å². The second kappa shape index (κ2) is 8.45. The third-order valence-corrected chi connectivity index (χ3v) is 6.08. The van der Waals surface area contributed by atoms with Gasteiger partial charge in [0.25, 0.3) is 0 Å². The summed E-state index contributed by atoms with van der Waals surface area (Å²) < 4.78 is 30.1. The van der Waals surface area contributed by atoms with Crippen LogP contribution in [0.1, 0.15) is 76.0 Å². The normalized spacial score (nSPS) is 18.9. The summed E-state index contributed by atoms with van der Waals surface area (Å²) >= 11 is 0. The highest BCUT2D eigenvalue weighted by atomic mass is 16.5. The van der Waals surface area contributed by atoms with Crippen molar-refractivity contribution in [1.29, 1.82) is 0 Å². The Morgan fingerprint density at radius 3 is 1.42 bits per heavy atom. The molecule has 0 unspecified atom stereocenters. The first kappa shape index (κ1) is 23.2. The number of hydrogen-bond acceptors (Lipinski definition) is 5. The third-order valence-electron chi connectivity index (χ3n) is 6.08. The molecule has 2 heterocycles. The zero-order chi connectivity index (χ0) is 24.0. The van der Waals surface area contributed by atoms with E-state index in [1.54, 1.807) is 14.2 Å². The molecule has 5 nitrogen and oxygen atoms in total. The van der Waals surface area contributed by atoms with Crippen LogP contribution in [0, 0.1) is 0 Å². The highest BCUT2D eigenvalue weighted by Gasteiger charge is 2.27. The maximum atomic E-state index is 6.48. The Balaban J connectivity index is 1.61.